The van der Waals surface area contributed by atoms with E-state index < -0.39 is 0 Å². The van der Waals surface area contributed by atoms with Crippen LogP contribution in [0.25, 0.3) is 11.1 Å². The van der Waals surface area contributed by atoms with Crippen molar-refractivity contribution in [1.29, 1.82) is 0 Å². The molecule has 0 aliphatic carbocycles. The van der Waals surface area contributed by atoms with Gasteiger partial charge in [0.1, 0.15) is 0 Å². The average Bonchev–Trinajstić information content (AvgIpc) is 2.59. The zero-order valence-corrected chi connectivity index (χ0v) is 13.8. The predicted molar refractivity (Wildman–Crippen MR) is 97.9 cm³/mol. The van der Waals surface area contributed by atoms with Gasteiger partial charge in [-0.15, -0.1) is 0 Å². The molecule has 2 rings (SSSR count). The van der Waals surface area contributed by atoms with Crippen LogP contribution in [0.5, 0.6) is 0 Å². The van der Waals surface area contributed by atoms with Gasteiger partial charge in [-0.05, 0) is 35.4 Å². The van der Waals surface area contributed by atoms with Crippen molar-refractivity contribution in [2.75, 3.05) is 30.0 Å². The molecule has 0 fully saturated rings. The molecule has 4 nitrogen and oxygen atoms in total. The largest absolute Gasteiger partial charge is 0.396 e. The molecule has 0 aromatic heterocycles. The van der Waals surface area contributed by atoms with Crippen LogP contribution in [0.15, 0.2) is 54.6 Å². The SMILES string of the molecule is O=C(NCCSCCCO)Nc1ccc(-c2ccccc2)cc1. The Bertz CT molecular complexity index is 588. The first kappa shape index (κ1) is 17.4. The topological polar surface area (TPSA) is 61.4 Å². The van der Waals surface area contributed by atoms with E-state index in [4.69, 9.17) is 5.11 Å². The highest BCUT2D eigenvalue weighted by atomic mass is 32.2. The van der Waals surface area contributed by atoms with E-state index in [0.29, 0.717) is 6.54 Å². The number of nitrogens with one attached hydrogen (secondary N) is 2. The Balaban J connectivity index is 1.74. The molecule has 0 aliphatic rings. The fourth-order valence-electron chi connectivity index (χ4n) is 2.06. The molecule has 2 amide bonds. The maximum Gasteiger partial charge on any atom is 0.319 e. The van der Waals surface area contributed by atoms with E-state index in [1.165, 1.54) is 0 Å². The fourth-order valence-corrected chi connectivity index (χ4v) is 2.84. The van der Waals surface area contributed by atoms with Crippen molar-refractivity contribution in [2.24, 2.45) is 0 Å². The van der Waals surface area contributed by atoms with E-state index in [1.807, 2.05) is 42.5 Å². The number of carbonyl (C=O) groups is 1. The summed E-state index contributed by atoms with van der Waals surface area (Å²) in [6.07, 6.45) is 0.796. The van der Waals surface area contributed by atoms with Gasteiger partial charge in [0, 0.05) is 24.6 Å². The van der Waals surface area contributed by atoms with Crippen molar-refractivity contribution in [2.45, 2.75) is 6.42 Å². The van der Waals surface area contributed by atoms with Crippen LogP contribution in [0.1, 0.15) is 6.42 Å². The van der Waals surface area contributed by atoms with Crippen LogP contribution in [-0.4, -0.2) is 35.8 Å². The zero-order chi connectivity index (χ0) is 16.3. The van der Waals surface area contributed by atoms with E-state index in [9.17, 15) is 4.79 Å². The number of urea groups is 1. The second kappa shape index (κ2) is 9.92. The second-order valence-electron chi connectivity index (χ2n) is 5.01. The van der Waals surface area contributed by atoms with Crippen molar-refractivity contribution < 1.29 is 9.90 Å². The van der Waals surface area contributed by atoms with Gasteiger partial charge in [-0.3, -0.25) is 0 Å². The summed E-state index contributed by atoms with van der Waals surface area (Å²) in [5.41, 5.74) is 3.05. The number of aliphatic hydroxyl groups excluding tert-OH is 1. The van der Waals surface area contributed by atoms with Crippen molar-refractivity contribution in [3.05, 3.63) is 54.6 Å². The molecule has 0 heterocycles. The molecule has 3 N–H and O–H groups in total. The molecule has 0 spiro atoms. The van der Waals surface area contributed by atoms with Crippen molar-refractivity contribution >= 4 is 23.5 Å². The molecule has 5 heteroatoms. The number of rotatable bonds is 8. The van der Waals surface area contributed by atoms with Crippen molar-refractivity contribution in [3.8, 4) is 11.1 Å². The highest BCUT2D eigenvalue weighted by Crippen LogP contribution is 2.20. The number of hydrogen-bond acceptors (Lipinski definition) is 3. The van der Waals surface area contributed by atoms with Crippen LogP contribution in [0.4, 0.5) is 10.5 Å². The lowest BCUT2D eigenvalue weighted by Gasteiger charge is -2.08. The molecule has 0 unspecified atom stereocenters. The summed E-state index contributed by atoms with van der Waals surface area (Å²) in [5, 5.41) is 14.3. The molecule has 0 radical (unpaired) electrons. The van der Waals surface area contributed by atoms with Crippen molar-refractivity contribution in [3.63, 3.8) is 0 Å². The molecule has 2 aromatic carbocycles. The molecule has 2 aromatic rings. The first-order valence-electron chi connectivity index (χ1n) is 7.68. The quantitative estimate of drug-likeness (QED) is 0.648. The fraction of sp³-hybridized carbons (Fsp3) is 0.278. The molecular weight excluding hydrogens is 308 g/mol. The maximum atomic E-state index is 11.8. The summed E-state index contributed by atoms with van der Waals surface area (Å²) in [6, 6.07) is 17.7. The summed E-state index contributed by atoms with van der Waals surface area (Å²) in [5.74, 6) is 1.76. The van der Waals surface area contributed by atoms with Crippen LogP contribution in [0.3, 0.4) is 0 Å². The summed E-state index contributed by atoms with van der Waals surface area (Å²) in [4.78, 5) is 11.8. The minimum atomic E-state index is -0.194. The number of anilines is 1. The van der Waals surface area contributed by atoms with Gasteiger partial charge in [0.25, 0.3) is 0 Å². The molecule has 0 saturated carbocycles. The lowest BCUT2D eigenvalue weighted by Crippen LogP contribution is -2.30. The maximum absolute atomic E-state index is 11.8. The Morgan fingerprint density at radius 1 is 0.957 bits per heavy atom. The number of thioether (sulfide) groups is 1. The molecule has 0 atom stereocenters. The van der Waals surface area contributed by atoms with Crippen LogP contribution < -0.4 is 10.6 Å². The molecule has 122 valence electrons. The van der Waals surface area contributed by atoms with Crippen LogP contribution in [0.2, 0.25) is 0 Å². The van der Waals surface area contributed by atoms with Gasteiger partial charge in [0.15, 0.2) is 0 Å². The highest BCUT2D eigenvalue weighted by Gasteiger charge is 2.02. The normalized spacial score (nSPS) is 10.3. The van der Waals surface area contributed by atoms with E-state index >= 15 is 0 Å². The minimum absolute atomic E-state index is 0.194. The van der Waals surface area contributed by atoms with Gasteiger partial charge in [0.2, 0.25) is 0 Å². The molecule has 0 saturated heterocycles. The van der Waals surface area contributed by atoms with Crippen LogP contribution >= 0.6 is 11.8 Å². The first-order valence-corrected chi connectivity index (χ1v) is 8.84. The predicted octanol–water partition coefficient (Wildman–Crippen LogP) is 3.59. The van der Waals surface area contributed by atoms with E-state index in [-0.39, 0.29) is 12.6 Å². The number of amides is 2. The third-order valence-electron chi connectivity index (χ3n) is 3.23. The summed E-state index contributed by atoms with van der Waals surface area (Å²) in [6.45, 7) is 0.837. The smallest absolute Gasteiger partial charge is 0.319 e. The third-order valence-corrected chi connectivity index (χ3v) is 4.30. The molecular formula is C18H22N2O2S. The Morgan fingerprint density at radius 2 is 1.65 bits per heavy atom. The van der Waals surface area contributed by atoms with E-state index in [0.717, 1.165) is 34.7 Å². The van der Waals surface area contributed by atoms with Gasteiger partial charge in [-0.2, -0.15) is 11.8 Å². The highest BCUT2D eigenvalue weighted by molar-refractivity contribution is 7.99. The average molecular weight is 330 g/mol. The number of aliphatic hydroxyl groups is 1. The molecule has 23 heavy (non-hydrogen) atoms. The Labute approximate surface area is 141 Å². The van der Waals surface area contributed by atoms with Gasteiger partial charge in [0.05, 0.1) is 0 Å². The Hall–Kier alpha value is -1.98. The molecule has 0 aliphatic heterocycles. The molecule has 0 bridgehead atoms. The van der Waals surface area contributed by atoms with Crippen LogP contribution in [-0.2, 0) is 0 Å². The van der Waals surface area contributed by atoms with Gasteiger partial charge >= 0.3 is 6.03 Å². The minimum Gasteiger partial charge on any atom is -0.396 e. The monoisotopic (exact) mass is 330 g/mol. The summed E-state index contributed by atoms with van der Waals surface area (Å²) < 4.78 is 0. The number of benzene rings is 2. The lowest BCUT2D eigenvalue weighted by atomic mass is 10.1. The Kier molecular flexibility index (Phi) is 7.49. The zero-order valence-electron chi connectivity index (χ0n) is 13.0. The van der Waals surface area contributed by atoms with Gasteiger partial charge in [-0.25, -0.2) is 4.79 Å². The number of carbonyl (C=O) groups excluding carboxylic acids is 1. The second-order valence-corrected chi connectivity index (χ2v) is 6.24. The third kappa shape index (κ3) is 6.34. The standard InChI is InChI=1S/C18H22N2O2S/c21-12-4-13-23-14-11-19-18(22)20-17-9-7-16(8-10-17)15-5-2-1-3-6-15/h1-3,5-10,21H,4,11-14H2,(H2,19,20,22). The first-order chi connectivity index (χ1) is 11.3. The van der Waals surface area contributed by atoms with E-state index in [2.05, 4.69) is 22.8 Å². The van der Waals surface area contributed by atoms with Crippen LogP contribution in [0, 0.1) is 0 Å². The number of hydrogen-bond donors (Lipinski definition) is 3. The lowest BCUT2D eigenvalue weighted by molar-refractivity contribution is 0.252. The van der Waals surface area contributed by atoms with Crippen molar-refractivity contribution in [1.82, 2.24) is 5.32 Å². The van der Waals surface area contributed by atoms with E-state index in [1.54, 1.807) is 11.8 Å². The summed E-state index contributed by atoms with van der Waals surface area (Å²) >= 11 is 1.72. The van der Waals surface area contributed by atoms with Gasteiger partial charge < -0.3 is 15.7 Å². The Morgan fingerprint density at radius 3 is 2.35 bits per heavy atom. The summed E-state index contributed by atoms with van der Waals surface area (Å²) in [7, 11) is 0. The van der Waals surface area contributed by atoms with Gasteiger partial charge in [-0.1, -0.05) is 42.5 Å².